The Balaban J connectivity index is 2.63. The van der Waals surface area contributed by atoms with Crippen LogP contribution < -0.4 is 5.73 Å². The minimum Gasteiger partial charge on any atom is -0.390 e. The van der Waals surface area contributed by atoms with Crippen LogP contribution >= 0.6 is 0 Å². The molecule has 0 aromatic rings. The van der Waals surface area contributed by atoms with Gasteiger partial charge >= 0.3 is 0 Å². The maximum atomic E-state index is 8.03. The molecule has 0 aromatic carbocycles. The fraction of sp³-hybridized carbons (Fsp3) is 0.750. The van der Waals surface area contributed by atoms with E-state index in [1.165, 1.54) is 0 Å². The molecule has 0 bridgehead atoms. The van der Waals surface area contributed by atoms with Gasteiger partial charge in [-0.15, -0.1) is 0 Å². The van der Waals surface area contributed by atoms with Crippen LogP contribution in [0.25, 0.3) is 0 Å². The average molecular weight is 88.1 g/mol. The van der Waals surface area contributed by atoms with E-state index in [4.69, 9.17) is 10.8 Å². The summed E-state index contributed by atoms with van der Waals surface area (Å²) in [6.07, 6.45) is 0.583. The van der Waals surface area contributed by atoms with Gasteiger partial charge < -0.3 is 10.8 Å². The van der Waals surface area contributed by atoms with Crippen molar-refractivity contribution >= 4 is 0 Å². The Hall–Kier alpha value is -0.0800. The molecular formula is C4H10NO. The van der Waals surface area contributed by atoms with Gasteiger partial charge in [-0.25, -0.2) is 0 Å². The summed E-state index contributed by atoms with van der Waals surface area (Å²) in [5, 5.41) is 8.03. The summed E-state index contributed by atoms with van der Waals surface area (Å²) in [6.45, 7) is 2.91. The van der Waals surface area contributed by atoms with Gasteiger partial charge in [0.05, 0.1) is 6.61 Å². The van der Waals surface area contributed by atoms with Crippen LogP contribution in [0, 0.1) is 6.61 Å². The Morgan fingerprint density at radius 1 is 2.00 bits per heavy atom. The third-order valence-electron chi connectivity index (χ3n) is 0.477. The SMILES string of the molecule is CC(N)C[CH]O. The Labute approximate surface area is 38.0 Å². The lowest BCUT2D eigenvalue weighted by atomic mass is 10.3. The largest absolute Gasteiger partial charge is 0.390 e. The predicted octanol–water partition coefficient (Wildman–Crippen LogP) is 0.258. The predicted molar refractivity (Wildman–Crippen MR) is 24.5 cm³/mol. The Morgan fingerprint density at radius 2 is 2.50 bits per heavy atom. The third kappa shape index (κ3) is 3.92. The minimum absolute atomic E-state index is 0.0926. The second kappa shape index (κ2) is 3.12. The summed E-state index contributed by atoms with van der Waals surface area (Å²) in [5.41, 5.74) is 5.21. The summed E-state index contributed by atoms with van der Waals surface area (Å²) in [5.74, 6) is 0. The Bertz CT molecular complexity index is 28.7. The highest BCUT2D eigenvalue weighted by Crippen LogP contribution is 1.84. The highest BCUT2D eigenvalue weighted by molar-refractivity contribution is 4.56. The van der Waals surface area contributed by atoms with Crippen molar-refractivity contribution in [1.82, 2.24) is 0 Å². The lowest BCUT2D eigenvalue weighted by molar-refractivity contribution is 0.364. The van der Waals surface area contributed by atoms with Crippen molar-refractivity contribution in [3.05, 3.63) is 6.61 Å². The quantitative estimate of drug-likeness (QED) is 0.508. The maximum Gasteiger partial charge on any atom is 0.0814 e. The summed E-state index contributed by atoms with van der Waals surface area (Å²) in [7, 11) is 0. The van der Waals surface area contributed by atoms with Crippen molar-refractivity contribution in [2.45, 2.75) is 19.4 Å². The van der Waals surface area contributed by atoms with Crippen LogP contribution in [0.3, 0.4) is 0 Å². The van der Waals surface area contributed by atoms with Crippen molar-refractivity contribution in [1.29, 1.82) is 0 Å². The van der Waals surface area contributed by atoms with Crippen LogP contribution in [0.2, 0.25) is 0 Å². The fourth-order valence-electron chi connectivity index (χ4n) is 0.166. The molecule has 0 amide bonds. The Morgan fingerprint density at radius 3 is 2.50 bits per heavy atom. The molecule has 0 saturated heterocycles. The van der Waals surface area contributed by atoms with E-state index in [-0.39, 0.29) is 6.04 Å². The van der Waals surface area contributed by atoms with Crippen molar-refractivity contribution in [2.24, 2.45) is 5.73 Å². The molecule has 0 aliphatic carbocycles. The van der Waals surface area contributed by atoms with Crippen LogP contribution in [0.15, 0.2) is 0 Å². The zero-order valence-corrected chi connectivity index (χ0v) is 3.89. The molecule has 0 aliphatic heterocycles. The molecule has 37 valence electrons. The molecule has 0 aromatic heterocycles. The molecule has 0 saturated carbocycles. The number of rotatable bonds is 2. The van der Waals surface area contributed by atoms with Crippen molar-refractivity contribution in [2.75, 3.05) is 0 Å². The summed E-state index contributed by atoms with van der Waals surface area (Å²) in [4.78, 5) is 0. The van der Waals surface area contributed by atoms with Crippen LogP contribution in [0.4, 0.5) is 0 Å². The van der Waals surface area contributed by atoms with Gasteiger partial charge in [0.1, 0.15) is 0 Å². The molecule has 0 rings (SSSR count). The number of aliphatic hydroxyl groups is 1. The summed E-state index contributed by atoms with van der Waals surface area (Å²) >= 11 is 0. The molecule has 1 atom stereocenters. The lowest BCUT2D eigenvalue weighted by Gasteiger charge is -1.95. The van der Waals surface area contributed by atoms with E-state index in [9.17, 15) is 0 Å². The van der Waals surface area contributed by atoms with E-state index >= 15 is 0 Å². The second-order valence-electron chi connectivity index (χ2n) is 1.40. The van der Waals surface area contributed by atoms with Crippen LogP contribution in [0.5, 0.6) is 0 Å². The lowest BCUT2D eigenvalue weighted by Crippen LogP contribution is -2.13. The molecule has 0 fully saturated rings. The number of hydrogen-bond acceptors (Lipinski definition) is 2. The first kappa shape index (κ1) is 5.92. The molecule has 0 spiro atoms. The number of hydrogen-bond donors (Lipinski definition) is 2. The number of nitrogens with two attached hydrogens (primary N) is 1. The third-order valence-corrected chi connectivity index (χ3v) is 0.477. The maximum absolute atomic E-state index is 8.03. The molecule has 1 radical (unpaired) electrons. The average Bonchev–Trinajstić information content (AvgIpc) is 1.35. The molecule has 0 heterocycles. The number of aliphatic hydroxyl groups excluding tert-OH is 1. The zero-order valence-electron chi connectivity index (χ0n) is 3.89. The van der Waals surface area contributed by atoms with Gasteiger partial charge in [-0.2, -0.15) is 0 Å². The first-order valence-corrected chi connectivity index (χ1v) is 1.99. The monoisotopic (exact) mass is 88.1 g/mol. The van der Waals surface area contributed by atoms with E-state index in [0.29, 0.717) is 6.42 Å². The topological polar surface area (TPSA) is 46.2 Å². The highest BCUT2D eigenvalue weighted by atomic mass is 16.3. The molecule has 2 nitrogen and oxygen atoms in total. The molecule has 3 N–H and O–H groups in total. The standard InChI is InChI=1S/C4H10NO/c1-4(5)2-3-6/h3-4,6H,2,5H2,1H3. The van der Waals surface area contributed by atoms with Gasteiger partial charge in [-0.3, -0.25) is 0 Å². The molecule has 0 aliphatic rings. The van der Waals surface area contributed by atoms with Gasteiger partial charge in [0, 0.05) is 6.04 Å². The molecule has 2 heteroatoms. The summed E-state index contributed by atoms with van der Waals surface area (Å²) < 4.78 is 0. The van der Waals surface area contributed by atoms with Crippen LogP contribution in [-0.4, -0.2) is 11.1 Å². The van der Waals surface area contributed by atoms with Crippen molar-refractivity contribution < 1.29 is 5.11 Å². The van der Waals surface area contributed by atoms with Crippen LogP contribution in [-0.2, 0) is 0 Å². The van der Waals surface area contributed by atoms with Gasteiger partial charge in [-0.05, 0) is 13.3 Å². The zero-order chi connectivity index (χ0) is 4.99. The first-order valence-electron chi connectivity index (χ1n) is 1.99. The Kier molecular flexibility index (Phi) is 3.08. The molecule has 1 unspecified atom stereocenters. The van der Waals surface area contributed by atoms with Crippen molar-refractivity contribution in [3.63, 3.8) is 0 Å². The molecular weight excluding hydrogens is 78.0 g/mol. The normalized spacial score (nSPS) is 14.5. The van der Waals surface area contributed by atoms with Crippen LogP contribution in [0.1, 0.15) is 13.3 Å². The summed E-state index contributed by atoms with van der Waals surface area (Å²) in [6, 6.07) is 0.0926. The van der Waals surface area contributed by atoms with Gasteiger partial charge in [0.2, 0.25) is 0 Å². The van der Waals surface area contributed by atoms with E-state index in [1.807, 2.05) is 6.92 Å². The minimum atomic E-state index is 0.0926. The van der Waals surface area contributed by atoms with E-state index in [2.05, 4.69) is 0 Å². The van der Waals surface area contributed by atoms with Crippen molar-refractivity contribution in [3.8, 4) is 0 Å². The van der Waals surface area contributed by atoms with E-state index in [0.717, 1.165) is 6.61 Å². The smallest absolute Gasteiger partial charge is 0.0814 e. The van der Waals surface area contributed by atoms with E-state index < -0.39 is 0 Å². The second-order valence-corrected chi connectivity index (χ2v) is 1.40. The van der Waals surface area contributed by atoms with E-state index in [1.54, 1.807) is 0 Å². The molecule has 6 heavy (non-hydrogen) atoms. The van der Waals surface area contributed by atoms with Gasteiger partial charge in [0.25, 0.3) is 0 Å². The van der Waals surface area contributed by atoms with Gasteiger partial charge in [-0.1, -0.05) is 0 Å². The fourth-order valence-corrected chi connectivity index (χ4v) is 0.166. The van der Waals surface area contributed by atoms with Gasteiger partial charge in [0.15, 0.2) is 0 Å². The first-order chi connectivity index (χ1) is 2.77. The highest BCUT2D eigenvalue weighted by Gasteiger charge is 1.87.